The zero-order valence-electron chi connectivity index (χ0n) is 9.25. The highest BCUT2D eigenvalue weighted by molar-refractivity contribution is 7.17. The number of nitrogens with zero attached hydrogens (tertiary/aromatic N) is 1. The molecule has 4 heteroatoms. The van der Waals surface area contributed by atoms with Crippen LogP contribution in [0.25, 0.3) is 0 Å². The van der Waals surface area contributed by atoms with Gasteiger partial charge in [0, 0.05) is 13.1 Å². The van der Waals surface area contributed by atoms with Gasteiger partial charge in [-0.15, -0.1) is 11.3 Å². The quantitative estimate of drug-likeness (QED) is 0.749. The number of hydrogen-bond donors (Lipinski definition) is 0. The van der Waals surface area contributed by atoms with Gasteiger partial charge in [-0.2, -0.15) is 0 Å². The zero-order chi connectivity index (χ0) is 11.4. The third-order valence-corrected chi connectivity index (χ3v) is 4.15. The van der Waals surface area contributed by atoms with Gasteiger partial charge in [-0.05, 0) is 25.0 Å². The molecule has 1 aromatic heterocycles. The third kappa shape index (κ3) is 2.98. The van der Waals surface area contributed by atoms with Crippen molar-refractivity contribution in [2.45, 2.75) is 32.1 Å². The smallest absolute Gasteiger partial charge is 0.263 e. The SMILES string of the molecule is O=C(c1ccc(Cl)s1)N1CCCCCCC1. The molecule has 0 N–H and O–H groups in total. The van der Waals surface area contributed by atoms with Crippen LogP contribution in [-0.4, -0.2) is 23.9 Å². The van der Waals surface area contributed by atoms with Gasteiger partial charge in [0.25, 0.3) is 5.91 Å². The first kappa shape index (κ1) is 11.9. The van der Waals surface area contributed by atoms with Crippen molar-refractivity contribution < 1.29 is 4.79 Å². The minimum atomic E-state index is 0.152. The lowest BCUT2D eigenvalue weighted by Crippen LogP contribution is -2.33. The summed E-state index contributed by atoms with van der Waals surface area (Å²) in [5.41, 5.74) is 0. The predicted molar refractivity (Wildman–Crippen MR) is 68.3 cm³/mol. The molecule has 1 aromatic rings. The van der Waals surface area contributed by atoms with Gasteiger partial charge in [0.05, 0.1) is 9.21 Å². The normalized spacial score (nSPS) is 17.9. The van der Waals surface area contributed by atoms with Crippen LogP contribution in [-0.2, 0) is 0 Å². The van der Waals surface area contributed by atoms with Crippen LogP contribution in [0.5, 0.6) is 0 Å². The van der Waals surface area contributed by atoms with Crippen molar-refractivity contribution in [3.8, 4) is 0 Å². The summed E-state index contributed by atoms with van der Waals surface area (Å²) in [5.74, 6) is 0.152. The number of rotatable bonds is 1. The molecule has 2 nitrogen and oxygen atoms in total. The van der Waals surface area contributed by atoms with Crippen molar-refractivity contribution in [2.24, 2.45) is 0 Å². The molecule has 0 radical (unpaired) electrons. The molecule has 0 spiro atoms. The number of carbonyl (C=O) groups is 1. The van der Waals surface area contributed by atoms with E-state index in [1.807, 2.05) is 11.0 Å². The first-order valence-corrected chi connectivity index (χ1v) is 7.01. The fourth-order valence-corrected chi connectivity index (χ4v) is 3.05. The fourth-order valence-electron chi connectivity index (χ4n) is 2.04. The molecule has 1 saturated heterocycles. The molecule has 0 bridgehead atoms. The van der Waals surface area contributed by atoms with E-state index in [-0.39, 0.29) is 5.91 Å². The highest BCUT2D eigenvalue weighted by Crippen LogP contribution is 2.23. The van der Waals surface area contributed by atoms with Crippen molar-refractivity contribution in [1.82, 2.24) is 4.90 Å². The number of thiophene rings is 1. The van der Waals surface area contributed by atoms with Gasteiger partial charge in [-0.1, -0.05) is 30.9 Å². The molecule has 0 aliphatic carbocycles. The number of hydrogen-bond acceptors (Lipinski definition) is 2. The number of likely N-dealkylation sites (tertiary alicyclic amines) is 1. The van der Waals surface area contributed by atoms with Gasteiger partial charge in [0.15, 0.2) is 0 Å². The summed E-state index contributed by atoms with van der Waals surface area (Å²) in [6.45, 7) is 1.79. The molecule has 2 rings (SSSR count). The van der Waals surface area contributed by atoms with Crippen molar-refractivity contribution in [2.75, 3.05) is 13.1 Å². The first-order chi connectivity index (χ1) is 7.77. The second kappa shape index (κ2) is 5.69. The molecule has 16 heavy (non-hydrogen) atoms. The average molecular weight is 258 g/mol. The van der Waals surface area contributed by atoms with E-state index in [1.54, 1.807) is 6.07 Å². The van der Waals surface area contributed by atoms with Gasteiger partial charge in [-0.3, -0.25) is 4.79 Å². The second-order valence-corrected chi connectivity index (χ2v) is 5.88. The second-order valence-electron chi connectivity index (χ2n) is 4.16. The molecule has 1 amide bonds. The van der Waals surface area contributed by atoms with Crippen molar-refractivity contribution in [3.05, 3.63) is 21.3 Å². The lowest BCUT2D eigenvalue weighted by molar-refractivity contribution is 0.0747. The maximum absolute atomic E-state index is 12.2. The summed E-state index contributed by atoms with van der Waals surface area (Å²) in [6.07, 6.45) is 6.06. The molecular weight excluding hydrogens is 242 g/mol. The summed E-state index contributed by atoms with van der Waals surface area (Å²) >= 11 is 7.23. The molecule has 2 heterocycles. The number of carbonyl (C=O) groups excluding carboxylic acids is 1. The van der Waals surface area contributed by atoms with Crippen LogP contribution in [0, 0.1) is 0 Å². The van der Waals surface area contributed by atoms with Gasteiger partial charge >= 0.3 is 0 Å². The summed E-state index contributed by atoms with van der Waals surface area (Å²) < 4.78 is 0.690. The molecule has 0 atom stereocenters. The Bertz CT molecular complexity index is 356. The highest BCUT2D eigenvalue weighted by atomic mass is 35.5. The Morgan fingerprint density at radius 2 is 1.75 bits per heavy atom. The van der Waals surface area contributed by atoms with Crippen LogP contribution in [0.1, 0.15) is 41.8 Å². The Kier molecular flexibility index (Phi) is 4.24. The first-order valence-electron chi connectivity index (χ1n) is 5.82. The minimum absolute atomic E-state index is 0.152. The van der Waals surface area contributed by atoms with E-state index in [1.165, 1.54) is 30.6 Å². The van der Waals surface area contributed by atoms with Crippen LogP contribution in [0.15, 0.2) is 12.1 Å². The van der Waals surface area contributed by atoms with Crippen molar-refractivity contribution in [1.29, 1.82) is 0 Å². The van der Waals surface area contributed by atoms with E-state index < -0.39 is 0 Å². The molecule has 1 aliphatic rings. The maximum atomic E-state index is 12.2. The zero-order valence-corrected chi connectivity index (χ0v) is 10.8. The van der Waals surface area contributed by atoms with Crippen LogP contribution >= 0.6 is 22.9 Å². The van der Waals surface area contributed by atoms with E-state index in [4.69, 9.17) is 11.6 Å². The minimum Gasteiger partial charge on any atom is -0.338 e. The van der Waals surface area contributed by atoms with Crippen LogP contribution in [0.3, 0.4) is 0 Å². The number of halogens is 1. The molecule has 88 valence electrons. The van der Waals surface area contributed by atoms with E-state index in [0.717, 1.165) is 30.8 Å². The molecular formula is C12H16ClNOS. The number of amides is 1. The predicted octanol–water partition coefficient (Wildman–Crippen LogP) is 3.81. The van der Waals surface area contributed by atoms with Gasteiger partial charge < -0.3 is 4.90 Å². The summed E-state index contributed by atoms with van der Waals surface area (Å²) in [4.78, 5) is 14.9. The third-order valence-electron chi connectivity index (χ3n) is 2.93. The van der Waals surface area contributed by atoms with Crippen LogP contribution < -0.4 is 0 Å². The summed E-state index contributed by atoms with van der Waals surface area (Å²) in [7, 11) is 0. The lowest BCUT2D eigenvalue weighted by Gasteiger charge is -2.24. The summed E-state index contributed by atoms with van der Waals surface area (Å²) in [5, 5.41) is 0. The van der Waals surface area contributed by atoms with E-state index in [2.05, 4.69) is 0 Å². The van der Waals surface area contributed by atoms with Gasteiger partial charge in [0.2, 0.25) is 0 Å². The van der Waals surface area contributed by atoms with Crippen LogP contribution in [0.2, 0.25) is 4.34 Å². The van der Waals surface area contributed by atoms with Gasteiger partial charge in [0.1, 0.15) is 0 Å². The van der Waals surface area contributed by atoms with Crippen LogP contribution in [0.4, 0.5) is 0 Å². The molecule has 0 aromatic carbocycles. The van der Waals surface area contributed by atoms with E-state index >= 15 is 0 Å². The Hall–Kier alpha value is -0.540. The maximum Gasteiger partial charge on any atom is 0.263 e. The Balaban J connectivity index is 2.01. The topological polar surface area (TPSA) is 20.3 Å². The molecule has 1 fully saturated rings. The molecule has 1 aliphatic heterocycles. The largest absolute Gasteiger partial charge is 0.338 e. The molecule has 0 saturated carbocycles. The van der Waals surface area contributed by atoms with Gasteiger partial charge in [-0.25, -0.2) is 0 Å². The van der Waals surface area contributed by atoms with E-state index in [0.29, 0.717) is 4.34 Å². The fraction of sp³-hybridized carbons (Fsp3) is 0.583. The Labute approximate surface area is 105 Å². The average Bonchev–Trinajstić information content (AvgIpc) is 2.63. The summed E-state index contributed by atoms with van der Waals surface area (Å²) in [6, 6.07) is 3.62. The highest BCUT2D eigenvalue weighted by Gasteiger charge is 2.17. The lowest BCUT2D eigenvalue weighted by atomic mass is 10.1. The van der Waals surface area contributed by atoms with Crippen molar-refractivity contribution >= 4 is 28.8 Å². The monoisotopic (exact) mass is 257 g/mol. The van der Waals surface area contributed by atoms with Crippen molar-refractivity contribution in [3.63, 3.8) is 0 Å². The Morgan fingerprint density at radius 1 is 1.12 bits per heavy atom. The molecule has 0 unspecified atom stereocenters. The Morgan fingerprint density at radius 3 is 2.31 bits per heavy atom. The van der Waals surface area contributed by atoms with E-state index in [9.17, 15) is 4.79 Å². The standard InChI is InChI=1S/C12H16ClNOS/c13-11-7-6-10(16-11)12(15)14-8-4-2-1-3-5-9-14/h6-7H,1-5,8-9H2.